The highest BCUT2D eigenvalue weighted by atomic mass is 31.2. The second-order valence-electron chi connectivity index (χ2n) is 12.4. The number of hydrogen-bond acceptors (Lipinski definition) is 10. The molecule has 0 saturated heterocycles. The van der Waals surface area contributed by atoms with Gasteiger partial charge in [-0.2, -0.15) is 5.26 Å². The topological polar surface area (TPSA) is 117 Å². The maximum atomic E-state index is 9.08. The third kappa shape index (κ3) is 8.90. The first-order valence-electron chi connectivity index (χ1n) is 17.2. The molecule has 0 fully saturated rings. The molecule has 0 aliphatic carbocycles. The first-order valence-corrected chi connectivity index (χ1v) is 18.3. The van der Waals surface area contributed by atoms with E-state index < -0.39 is 14.1 Å². The molecule has 12 heteroatoms. The van der Waals surface area contributed by atoms with Gasteiger partial charge in [-0.05, 0) is 75.1 Å². The zero-order valence-electron chi connectivity index (χ0n) is 30.2. The number of imidazole rings is 1. The lowest BCUT2D eigenvalue weighted by molar-refractivity contribution is -0.00445. The lowest BCUT2D eigenvalue weighted by Gasteiger charge is -2.36. The summed E-state index contributed by atoms with van der Waals surface area (Å²) >= 11 is 0. The van der Waals surface area contributed by atoms with Crippen LogP contribution >= 0.6 is 8.53 Å². The summed E-state index contributed by atoms with van der Waals surface area (Å²) in [4.78, 5) is 13.8. The number of hydrogen-bond donors (Lipinski definition) is 0. The molecule has 0 aliphatic heterocycles. The average Bonchev–Trinajstić information content (AvgIpc) is 3.51. The summed E-state index contributed by atoms with van der Waals surface area (Å²) in [6.07, 6.45) is 4.25. The van der Waals surface area contributed by atoms with E-state index in [9.17, 15) is 0 Å². The average molecular weight is 711 g/mol. The Bertz CT molecular complexity index is 1790. The molecule has 1 atom stereocenters. The fourth-order valence-corrected chi connectivity index (χ4v) is 7.82. The quantitative estimate of drug-likeness (QED) is 0.0474. The van der Waals surface area contributed by atoms with Crippen LogP contribution in [0.5, 0.6) is 11.5 Å². The van der Waals surface area contributed by atoms with Crippen LogP contribution in [0, 0.1) is 11.3 Å². The van der Waals surface area contributed by atoms with E-state index in [1.807, 2.05) is 66.7 Å². The van der Waals surface area contributed by atoms with E-state index in [0.717, 1.165) is 33.8 Å². The van der Waals surface area contributed by atoms with Crippen LogP contribution in [0.3, 0.4) is 0 Å². The first kappa shape index (κ1) is 37.8. The van der Waals surface area contributed by atoms with Gasteiger partial charge in [0.05, 0.1) is 46.1 Å². The second kappa shape index (κ2) is 18.2. The Balaban J connectivity index is 1.47. The molecule has 0 N–H and O–H groups in total. The van der Waals surface area contributed by atoms with E-state index >= 15 is 0 Å². The number of aryl methyl sites for hydroxylation is 1. The molecule has 5 aromatic rings. The van der Waals surface area contributed by atoms with Gasteiger partial charge in [0.2, 0.25) is 0 Å². The molecule has 51 heavy (non-hydrogen) atoms. The van der Waals surface area contributed by atoms with Gasteiger partial charge in [0, 0.05) is 18.6 Å². The number of ether oxygens (including phenoxy) is 3. The van der Waals surface area contributed by atoms with Gasteiger partial charge in [0.15, 0.2) is 5.65 Å². The maximum absolute atomic E-state index is 9.08. The van der Waals surface area contributed by atoms with Gasteiger partial charge in [-0.3, -0.25) is 0 Å². The zero-order chi connectivity index (χ0) is 36.2. The summed E-state index contributed by atoms with van der Waals surface area (Å²) < 4.78 is 35.0. The third-order valence-corrected chi connectivity index (χ3v) is 10.6. The van der Waals surface area contributed by atoms with Crippen LogP contribution in [0.1, 0.15) is 63.1 Å². The number of fused-ring (bicyclic) bond motifs is 1. The van der Waals surface area contributed by atoms with E-state index in [1.54, 1.807) is 20.4 Å². The highest BCUT2D eigenvalue weighted by Gasteiger charge is 2.38. The monoisotopic (exact) mass is 710 g/mol. The lowest BCUT2D eigenvalue weighted by Crippen LogP contribution is -2.33. The number of rotatable bonds is 19. The summed E-state index contributed by atoms with van der Waals surface area (Å²) in [6, 6.07) is 28.7. The Kier molecular flexibility index (Phi) is 13.5. The third-order valence-electron chi connectivity index (χ3n) is 8.47. The molecule has 268 valence electrons. The van der Waals surface area contributed by atoms with Gasteiger partial charge >= 0.3 is 0 Å². The van der Waals surface area contributed by atoms with Crippen LogP contribution in [0.25, 0.3) is 11.2 Å². The molecular weight excluding hydrogens is 663 g/mol. The Hall–Kier alpha value is -4.43. The van der Waals surface area contributed by atoms with Crippen LogP contribution in [0.2, 0.25) is 0 Å². The van der Waals surface area contributed by atoms with Gasteiger partial charge in [-0.15, -0.1) is 0 Å². The van der Waals surface area contributed by atoms with Gasteiger partial charge in [-0.25, -0.2) is 19.6 Å². The van der Waals surface area contributed by atoms with Crippen LogP contribution in [0.4, 0.5) is 0 Å². The molecule has 0 saturated carbocycles. The summed E-state index contributed by atoms with van der Waals surface area (Å²) in [5.41, 5.74) is 3.22. The standard InChI is InChI=1S/C39H47N6O5P/c1-29(2)45(30(3)4)51(49-24-10-22-40)50-25-11-23-44-37(43-36-26-41-28-42-38(36)44)27-48-39(31-12-8-7-9-13-31,32-14-18-34(46-5)19-15-32)33-16-20-35(47-6)21-17-33/h7-9,12-21,26,28-30H,10-11,23-25,27H2,1-6H3. The highest BCUT2D eigenvalue weighted by molar-refractivity contribution is 7.44. The molecule has 2 heterocycles. The Morgan fingerprint density at radius 2 is 1.41 bits per heavy atom. The van der Waals surface area contributed by atoms with E-state index in [4.69, 9.17) is 33.5 Å². The SMILES string of the molecule is COc1ccc(C(OCc2nc3cncnc3n2CCCOP(OCCC#N)N(C(C)C)C(C)C)(c2ccccc2)c2ccc(OC)cc2)cc1. The van der Waals surface area contributed by atoms with E-state index in [-0.39, 0.29) is 18.7 Å². The highest BCUT2D eigenvalue weighted by Crippen LogP contribution is 2.46. The molecule has 3 aromatic carbocycles. The van der Waals surface area contributed by atoms with Crippen LogP contribution in [-0.2, 0) is 32.5 Å². The van der Waals surface area contributed by atoms with Crippen LogP contribution in [-0.4, -0.2) is 63.7 Å². The summed E-state index contributed by atoms with van der Waals surface area (Å²) in [7, 11) is 1.97. The van der Waals surface area contributed by atoms with Crippen molar-refractivity contribution in [2.75, 3.05) is 27.4 Å². The van der Waals surface area contributed by atoms with Crippen molar-refractivity contribution in [3.63, 3.8) is 0 Å². The van der Waals surface area contributed by atoms with Crippen LogP contribution in [0.15, 0.2) is 91.4 Å². The zero-order valence-corrected chi connectivity index (χ0v) is 31.1. The lowest BCUT2D eigenvalue weighted by atomic mass is 9.80. The Morgan fingerprint density at radius 1 is 0.824 bits per heavy atom. The van der Waals surface area contributed by atoms with Crippen molar-refractivity contribution >= 4 is 19.7 Å². The number of methoxy groups -OCH3 is 2. The smallest absolute Gasteiger partial charge is 0.259 e. The van der Waals surface area contributed by atoms with Crippen molar-refractivity contribution < 1.29 is 23.3 Å². The molecule has 1 unspecified atom stereocenters. The Labute approximate surface area is 302 Å². The summed E-state index contributed by atoms with van der Waals surface area (Å²) in [5.74, 6) is 2.22. The molecule has 2 aromatic heterocycles. The molecule has 5 rings (SSSR count). The molecule has 0 amide bonds. The molecule has 0 bridgehead atoms. The van der Waals surface area contributed by atoms with Gasteiger partial charge < -0.3 is 27.8 Å². The fraction of sp³-hybridized carbons (Fsp3) is 0.385. The second-order valence-corrected chi connectivity index (χ2v) is 13.9. The van der Waals surface area contributed by atoms with Gasteiger partial charge in [0.25, 0.3) is 8.53 Å². The number of nitriles is 1. The predicted molar refractivity (Wildman–Crippen MR) is 198 cm³/mol. The molecule has 0 radical (unpaired) electrons. The van der Waals surface area contributed by atoms with Crippen molar-refractivity contribution in [1.29, 1.82) is 5.26 Å². The maximum Gasteiger partial charge on any atom is 0.259 e. The van der Waals surface area contributed by atoms with E-state index in [1.165, 1.54) is 6.33 Å². The minimum atomic E-state index is -1.34. The molecule has 0 spiro atoms. The molecule has 0 aliphatic rings. The summed E-state index contributed by atoms with van der Waals surface area (Å²) in [6.45, 7) is 10.0. The van der Waals surface area contributed by atoms with Crippen molar-refractivity contribution in [3.8, 4) is 17.6 Å². The van der Waals surface area contributed by atoms with Gasteiger partial charge in [0.1, 0.15) is 41.4 Å². The van der Waals surface area contributed by atoms with E-state index in [2.05, 4.69) is 65.1 Å². The number of aromatic nitrogens is 4. The number of benzene rings is 3. The predicted octanol–water partition coefficient (Wildman–Crippen LogP) is 8.03. The van der Waals surface area contributed by atoms with Gasteiger partial charge in [-0.1, -0.05) is 54.6 Å². The molecule has 11 nitrogen and oxygen atoms in total. The van der Waals surface area contributed by atoms with Crippen molar-refractivity contribution in [2.45, 2.75) is 71.4 Å². The van der Waals surface area contributed by atoms with Crippen molar-refractivity contribution in [1.82, 2.24) is 24.2 Å². The normalized spacial score (nSPS) is 12.5. The largest absolute Gasteiger partial charge is 0.497 e. The minimum absolute atomic E-state index is 0.169. The first-order chi connectivity index (χ1) is 24.8. The number of nitrogens with zero attached hydrogens (tertiary/aromatic N) is 6. The minimum Gasteiger partial charge on any atom is -0.497 e. The van der Waals surface area contributed by atoms with Crippen molar-refractivity contribution in [2.24, 2.45) is 0 Å². The van der Waals surface area contributed by atoms with Crippen LogP contribution < -0.4 is 9.47 Å². The summed E-state index contributed by atoms with van der Waals surface area (Å²) in [5, 5.41) is 9.08. The molecular formula is C39H47N6O5P. The Morgan fingerprint density at radius 3 is 1.98 bits per heavy atom. The van der Waals surface area contributed by atoms with Crippen molar-refractivity contribution in [3.05, 3.63) is 114 Å². The van der Waals surface area contributed by atoms with E-state index in [0.29, 0.717) is 43.9 Å². The fourth-order valence-electron chi connectivity index (χ4n) is 6.20.